The van der Waals surface area contributed by atoms with Crippen molar-refractivity contribution in [3.8, 4) is 0 Å². The molecule has 0 spiro atoms. The normalized spacial score (nSPS) is 14.7. The van der Waals surface area contributed by atoms with Gasteiger partial charge in [0.15, 0.2) is 0 Å². The molecule has 2 unspecified atom stereocenters. The van der Waals surface area contributed by atoms with Gasteiger partial charge in [-0.3, -0.25) is 0 Å². The Hall–Kier alpha value is -0.480. The molecule has 0 aliphatic heterocycles. The standard InChI is InChI=1S/C14H27N3S/c1-4-7-9-11(6-3)10-12(15)14-13(8-5-2)16-17-18-14/h11-12H,4-10,15H2,1-3H3. The summed E-state index contributed by atoms with van der Waals surface area (Å²) in [5.74, 6) is 0.747. The Morgan fingerprint density at radius 3 is 2.61 bits per heavy atom. The monoisotopic (exact) mass is 269 g/mol. The van der Waals surface area contributed by atoms with Crippen LogP contribution in [0.25, 0.3) is 0 Å². The summed E-state index contributed by atoms with van der Waals surface area (Å²) >= 11 is 1.49. The van der Waals surface area contributed by atoms with Crippen molar-refractivity contribution < 1.29 is 0 Å². The summed E-state index contributed by atoms with van der Waals surface area (Å²) in [6.45, 7) is 6.69. The lowest BCUT2D eigenvalue weighted by atomic mass is 9.91. The average molecular weight is 269 g/mol. The van der Waals surface area contributed by atoms with Gasteiger partial charge in [-0.05, 0) is 30.3 Å². The summed E-state index contributed by atoms with van der Waals surface area (Å²) in [5, 5.41) is 4.21. The molecule has 1 aromatic rings. The summed E-state index contributed by atoms with van der Waals surface area (Å²) in [4.78, 5) is 1.21. The highest BCUT2D eigenvalue weighted by molar-refractivity contribution is 7.05. The molecule has 1 rings (SSSR count). The third-order valence-electron chi connectivity index (χ3n) is 3.54. The van der Waals surface area contributed by atoms with E-state index in [-0.39, 0.29) is 6.04 Å². The zero-order valence-electron chi connectivity index (χ0n) is 12.0. The number of aryl methyl sites for hydroxylation is 1. The molecule has 0 saturated heterocycles. The van der Waals surface area contributed by atoms with E-state index in [0.29, 0.717) is 0 Å². The Kier molecular flexibility index (Phi) is 7.44. The molecule has 0 aliphatic carbocycles. The van der Waals surface area contributed by atoms with Crippen LogP contribution in [-0.4, -0.2) is 9.59 Å². The molecule has 0 radical (unpaired) electrons. The molecule has 0 fully saturated rings. The summed E-state index contributed by atoms with van der Waals surface area (Å²) in [5.41, 5.74) is 7.47. The predicted molar refractivity (Wildman–Crippen MR) is 78.8 cm³/mol. The molecule has 104 valence electrons. The molecule has 2 N–H and O–H groups in total. The maximum absolute atomic E-state index is 6.35. The minimum atomic E-state index is 0.133. The first-order chi connectivity index (χ1) is 8.72. The number of aromatic nitrogens is 2. The highest BCUT2D eigenvalue weighted by Crippen LogP contribution is 2.28. The second-order valence-corrected chi connectivity index (χ2v) is 5.88. The number of nitrogens with two attached hydrogens (primary N) is 1. The Morgan fingerprint density at radius 1 is 1.22 bits per heavy atom. The van der Waals surface area contributed by atoms with Crippen LogP contribution in [0.2, 0.25) is 0 Å². The van der Waals surface area contributed by atoms with Crippen LogP contribution >= 0.6 is 11.5 Å². The molecular formula is C14H27N3S. The highest BCUT2D eigenvalue weighted by atomic mass is 32.1. The molecular weight excluding hydrogens is 242 g/mol. The lowest BCUT2D eigenvalue weighted by molar-refractivity contribution is 0.389. The van der Waals surface area contributed by atoms with E-state index in [1.807, 2.05) is 0 Å². The first-order valence-corrected chi connectivity index (χ1v) is 8.06. The Balaban J connectivity index is 2.56. The Morgan fingerprint density at radius 2 is 2.00 bits per heavy atom. The molecule has 4 heteroatoms. The van der Waals surface area contributed by atoms with Crippen LogP contribution in [0.15, 0.2) is 0 Å². The third kappa shape index (κ3) is 4.65. The van der Waals surface area contributed by atoms with E-state index >= 15 is 0 Å². The Labute approximate surface area is 115 Å². The van der Waals surface area contributed by atoms with Gasteiger partial charge < -0.3 is 5.73 Å². The molecule has 3 nitrogen and oxygen atoms in total. The van der Waals surface area contributed by atoms with Gasteiger partial charge in [-0.1, -0.05) is 57.4 Å². The van der Waals surface area contributed by atoms with Gasteiger partial charge in [-0.15, -0.1) is 5.10 Å². The van der Waals surface area contributed by atoms with E-state index in [4.69, 9.17) is 5.73 Å². The zero-order chi connectivity index (χ0) is 13.4. The van der Waals surface area contributed by atoms with Gasteiger partial charge in [0, 0.05) is 6.04 Å². The van der Waals surface area contributed by atoms with Crippen LogP contribution in [0, 0.1) is 5.92 Å². The average Bonchev–Trinajstić information content (AvgIpc) is 2.83. The van der Waals surface area contributed by atoms with Gasteiger partial charge in [0.2, 0.25) is 0 Å². The summed E-state index contributed by atoms with van der Waals surface area (Å²) in [6.07, 6.45) is 8.31. The SMILES string of the molecule is CCCCC(CC)CC(N)c1snnc1CCC. The number of hydrogen-bond acceptors (Lipinski definition) is 4. The smallest absolute Gasteiger partial charge is 0.0803 e. The van der Waals surface area contributed by atoms with E-state index < -0.39 is 0 Å². The molecule has 18 heavy (non-hydrogen) atoms. The third-order valence-corrected chi connectivity index (χ3v) is 4.44. The molecule has 1 aromatic heterocycles. The lowest BCUT2D eigenvalue weighted by Crippen LogP contribution is -2.16. The maximum atomic E-state index is 6.35. The van der Waals surface area contributed by atoms with Crippen molar-refractivity contribution in [3.63, 3.8) is 0 Å². The number of hydrogen-bond donors (Lipinski definition) is 1. The van der Waals surface area contributed by atoms with Gasteiger partial charge in [0.25, 0.3) is 0 Å². The first kappa shape index (κ1) is 15.6. The van der Waals surface area contributed by atoms with Crippen LogP contribution in [0.4, 0.5) is 0 Å². The van der Waals surface area contributed by atoms with E-state index in [2.05, 4.69) is 30.4 Å². The van der Waals surface area contributed by atoms with Crippen LogP contribution in [0.3, 0.4) is 0 Å². The molecule has 0 saturated carbocycles. The van der Waals surface area contributed by atoms with Crippen molar-refractivity contribution in [2.75, 3.05) is 0 Å². The second kappa shape index (κ2) is 8.59. The first-order valence-electron chi connectivity index (χ1n) is 7.29. The van der Waals surface area contributed by atoms with Gasteiger partial charge >= 0.3 is 0 Å². The quantitative estimate of drug-likeness (QED) is 0.734. The van der Waals surface area contributed by atoms with Gasteiger partial charge in [-0.2, -0.15) is 0 Å². The number of rotatable bonds is 9. The fourth-order valence-electron chi connectivity index (χ4n) is 2.35. The van der Waals surface area contributed by atoms with Gasteiger partial charge in [0.1, 0.15) is 0 Å². The minimum absolute atomic E-state index is 0.133. The minimum Gasteiger partial charge on any atom is -0.323 e. The molecule has 0 bridgehead atoms. The van der Waals surface area contributed by atoms with Crippen LogP contribution in [0.5, 0.6) is 0 Å². The lowest BCUT2D eigenvalue weighted by Gasteiger charge is -2.19. The van der Waals surface area contributed by atoms with Crippen molar-refractivity contribution in [1.82, 2.24) is 9.59 Å². The van der Waals surface area contributed by atoms with E-state index in [0.717, 1.165) is 30.9 Å². The molecule has 1 heterocycles. The fourth-order valence-corrected chi connectivity index (χ4v) is 3.06. The number of nitrogens with zero attached hydrogens (tertiary/aromatic N) is 2. The fraction of sp³-hybridized carbons (Fsp3) is 0.857. The highest BCUT2D eigenvalue weighted by Gasteiger charge is 2.18. The summed E-state index contributed by atoms with van der Waals surface area (Å²) < 4.78 is 4.07. The van der Waals surface area contributed by atoms with Gasteiger partial charge in [-0.25, -0.2) is 0 Å². The van der Waals surface area contributed by atoms with E-state index in [1.165, 1.54) is 42.1 Å². The number of unbranched alkanes of at least 4 members (excludes halogenated alkanes) is 1. The predicted octanol–water partition coefficient (Wildman–Crippen LogP) is 4.10. The van der Waals surface area contributed by atoms with Gasteiger partial charge in [0.05, 0.1) is 10.6 Å². The second-order valence-electron chi connectivity index (χ2n) is 5.09. The topological polar surface area (TPSA) is 51.8 Å². The maximum Gasteiger partial charge on any atom is 0.0803 e. The molecule has 0 aromatic carbocycles. The van der Waals surface area contributed by atoms with Crippen molar-refractivity contribution in [2.45, 2.75) is 71.8 Å². The molecule has 0 aliphatic rings. The van der Waals surface area contributed by atoms with Crippen molar-refractivity contribution in [1.29, 1.82) is 0 Å². The van der Waals surface area contributed by atoms with Crippen molar-refractivity contribution in [2.24, 2.45) is 11.7 Å². The molecule has 2 atom stereocenters. The summed E-state index contributed by atoms with van der Waals surface area (Å²) in [7, 11) is 0. The van der Waals surface area contributed by atoms with Crippen LogP contribution < -0.4 is 5.73 Å². The zero-order valence-corrected chi connectivity index (χ0v) is 12.8. The Bertz CT molecular complexity index is 325. The van der Waals surface area contributed by atoms with Crippen LogP contribution in [0.1, 0.15) is 75.9 Å². The summed E-state index contributed by atoms with van der Waals surface area (Å²) in [6, 6.07) is 0.133. The van der Waals surface area contributed by atoms with E-state index in [1.54, 1.807) is 0 Å². The van der Waals surface area contributed by atoms with Crippen molar-refractivity contribution >= 4 is 11.5 Å². The largest absolute Gasteiger partial charge is 0.323 e. The molecule has 0 amide bonds. The van der Waals surface area contributed by atoms with Crippen LogP contribution in [-0.2, 0) is 6.42 Å². The van der Waals surface area contributed by atoms with E-state index in [9.17, 15) is 0 Å². The van der Waals surface area contributed by atoms with Crippen molar-refractivity contribution in [3.05, 3.63) is 10.6 Å².